The van der Waals surface area contributed by atoms with Crippen molar-refractivity contribution < 1.29 is 4.39 Å². The number of benzene rings is 1. The van der Waals surface area contributed by atoms with Gasteiger partial charge in [-0.3, -0.25) is 0 Å². The third-order valence-electron chi connectivity index (χ3n) is 5.37. The summed E-state index contributed by atoms with van der Waals surface area (Å²) >= 11 is 0. The standard InChI is InChI=1S/C17H25FN2/c1-20-11-4-7-17(9-12-20)8-10-19-13-15(17)14-5-2-3-6-16(14)18/h2-3,5-6,15,19H,4,7-13H2,1H3. The molecule has 0 aromatic heterocycles. The van der Waals surface area contributed by atoms with Gasteiger partial charge < -0.3 is 10.2 Å². The first-order valence-electron chi connectivity index (χ1n) is 7.85. The topological polar surface area (TPSA) is 15.3 Å². The van der Waals surface area contributed by atoms with Gasteiger partial charge in [0.15, 0.2) is 0 Å². The van der Waals surface area contributed by atoms with E-state index in [1.807, 2.05) is 12.1 Å². The lowest BCUT2D eigenvalue weighted by Crippen LogP contribution is -2.44. The minimum atomic E-state index is -0.0295. The zero-order chi connectivity index (χ0) is 14.0. The highest BCUT2D eigenvalue weighted by Gasteiger charge is 2.42. The molecule has 1 N–H and O–H groups in total. The van der Waals surface area contributed by atoms with Crippen LogP contribution in [0.3, 0.4) is 0 Å². The van der Waals surface area contributed by atoms with E-state index in [-0.39, 0.29) is 11.2 Å². The van der Waals surface area contributed by atoms with Crippen LogP contribution in [0.2, 0.25) is 0 Å². The normalized spacial score (nSPS) is 32.2. The van der Waals surface area contributed by atoms with Crippen molar-refractivity contribution in [1.82, 2.24) is 10.2 Å². The van der Waals surface area contributed by atoms with Crippen LogP contribution >= 0.6 is 0 Å². The number of piperidine rings is 1. The second-order valence-corrected chi connectivity index (χ2v) is 6.55. The Morgan fingerprint density at radius 3 is 2.90 bits per heavy atom. The van der Waals surface area contributed by atoms with Gasteiger partial charge in [0, 0.05) is 12.5 Å². The molecule has 2 aliphatic rings. The van der Waals surface area contributed by atoms with Crippen LogP contribution < -0.4 is 5.32 Å². The molecule has 2 aliphatic heterocycles. The quantitative estimate of drug-likeness (QED) is 0.848. The Morgan fingerprint density at radius 1 is 1.20 bits per heavy atom. The molecule has 110 valence electrons. The maximum atomic E-state index is 14.3. The van der Waals surface area contributed by atoms with Crippen molar-refractivity contribution in [2.24, 2.45) is 5.41 Å². The van der Waals surface area contributed by atoms with Crippen LogP contribution in [0.25, 0.3) is 0 Å². The number of rotatable bonds is 1. The largest absolute Gasteiger partial charge is 0.316 e. The van der Waals surface area contributed by atoms with Gasteiger partial charge in [-0.1, -0.05) is 18.2 Å². The number of nitrogens with zero attached hydrogens (tertiary/aromatic N) is 1. The van der Waals surface area contributed by atoms with E-state index in [4.69, 9.17) is 0 Å². The van der Waals surface area contributed by atoms with Crippen LogP contribution in [0.5, 0.6) is 0 Å². The van der Waals surface area contributed by atoms with Gasteiger partial charge in [0.1, 0.15) is 5.82 Å². The van der Waals surface area contributed by atoms with Crippen molar-refractivity contribution in [3.63, 3.8) is 0 Å². The van der Waals surface area contributed by atoms with Gasteiger partial charge in [-0.05, 0) is 69.4 Å². The van der Waals surface area contributed by atoms with Crippen LogP contribution in [0.1, 0.15) is 37.2 Å². The lowest BCUT2D eigenvalue weighted by Gasteiger charge is -2.45. The predicted octanol–water partition coefficient (Wildman–Crippen LogP) is 3.00. The molecule has 0 aliphatic carbocycles. The number of hydrogen-bond donors (Lipinski definition) is 1. The molecular formula is C17H25FN2. The Balaban J connectivity index is 1.92. The number of nitrogens with one attached hydrogen (secondary N) is 1. The summed E-state index contributed by atoms with van der Waals surface area (Å²) in [5, 5.41) is 3.48. The Labute approximate surface area is 121 Å². The first kappa shape index (κ1) is 14.0. The molecule has 1 aromatic rings. The predicted molar refractivity (Wildman–Crippen MR) is 80.4 cm³/mol. The van der Waals surface area contributed by atoms with Crippen molar-refractivity contribution in [2.75, 3.05) is 33.2 Å². The van der Waals surface area contributed by atoms with E-state index in [1.54, 1.807) is 12.1 Å². The summed E-state index contributed by atoms with van der Waals surface area (Å²) in [5.74, 6) is 0.294. The molecule has 0 bridgehead atoms. The van der Waals surface area contributed by atoms with Gasteiger partial charge in [0.05, 0.1) is 0 Å². The van der Waals surface area contributed by atoms with Crippen molar-refractivity contribution in [3.8, 4) is 0 Å². The Morgan fingerprint density at radius 2 is 2.05 bits per heavy atom. The summed E-state index contributed by atoms with van der Waals surface area (Å²) in [5.41, 5.74) is 1.21. The van der Waals surface area contributed by atoms with Gasteiger partial charge in [-0.25, -0.2) is 4.39 Å². The molecule has 3 rings (SSSR count). The van der Waals surface area contributed by atoms with Crippen LogP contribution in [0, 0.1) is 11.2 Å². The van der Waals surface area contributed by atoms with Crippen molar-refractivity contribution >= 4 is 0 Å². The molecule has 2 nitrogen and oxygen atoms in total. The third kappa shape index (κ3) is 2.61. The van der Waals surface area contributed by atoms with Gasteiger partial charge in [0.2, 0.25) is 0 Å². The van der Waals surface area contributed by atoms with Gasteiger partial charge >= 0.3 is 0 Å². The molecule has 2 heterocycles. The average molecular weight is 276 g/mol. The molecule has 1 spiro atoms. The summed E-state index contributed by atoms with van der Waals surface area (Å²) in [6.45, 7) is 4.32. The van der Waals surface area contributed by atoms with Crippen molar-refractivity contribution in [1.29, 1.82) is 0 Å². The molecule has 0 amide bonds. The Kier molecular flexibility index (Phi) is 4.08. The summed E-state index contributed by atoms with van der Waals surface area (Å²) in [6.07, 6.45) is 4.85. The Hall–Kier alpha value is -0.930. The second kappa shape index (κ2) is 5.82. The summed E-state index contributed by atoms with van der Waals surface area (Å²) in [7, 11) is 2.21. The highest BCUT2D eigenvalue weighted by atomic mass is 19.1. The molecule has 2 saturated heterocycles. The van der Waals surface area contributed by atoms with Gasteiger partial charge in [0.25, 0.3) is 0 Å². The summed E-state index contributed by atoms with van der Waals surface area (Å²) in [6, 6.07) is 7.37. The van der Waals surface area contributed by atoms with Crippen LogP contribution in [-0.4, -0.2) is 38.1 Å². The number of likely N-dealkylation sites (tertiary alicyclic amines) is 1. The zero-order valence-electron chi connectivity index (χ0n) is 12.4. The summed E-state index contributed by atoms with van der Waals surface area (Å²) in [4.78, 5) is 2.43. The van der Waals surface area contributed by atoms with Gasteiger partial charge in [-0.15, -0.1) is 0 Å². The van der Waals surface area contributed by atoms with Crippen LogP contribution in [0.15, 0.2) is 24.3 Å². The fraction of sp³-hybridized carbons (Fsp3) is 0.647. The molecule has 0 radical (unpaired) electrons. The third-order valence-corrected chi connectivity index (χ3v) is 5.37. The smallest absolute Gasteiger partial charge is 0.126 e. The second-order valence-electron chi connectivity index (χ2n) is 6.55. The highest BCUT2D eigenvalue weighted by Crippen LogP contribution is 2.48. The SMILES string of the molecule is CN1CCCC2(CCNCC2c2ccccc2F)CC1. The minimum absolute atomic E-state index is 0.0295. The minimum Gasteiger partial charge on any atom is -0.316 e. The molecule has 2 unspecified atom stereocenters. The van der Waals surface area contributed by atoms with E-state index < -0.39 is 0 Å². The fourth-order valence-electron chi connectivity index (χ4n) is 4.12. The monoisotopic (exact) mass is 276 g/mol. The molecular weight excluding hydrogens is 251 g/mol. The molecule has 20 heavy (non-hydrogen) atoms. The Bertz CT molecular complexity index is 462. The number of halogens is 1. The first-order chi connectivity index (χ1) is 9.71. The van der Waals surface area contributed by atoms with E-state index in [1.165, 1.54) is 32.2 Å². The van der Waals surface area contributed by atoms with Crippen LogP contribution in [0.4, 0.5) is 4.39 Å². The molecule has 2 atom stereocenters. The lowest BCUT2D eigenvalue weighted by atomic mass is 9.64. The number of hydrogen-bond acceptors (Lipinski definition) is 2. The van der Waals surface area contributed by atoms with Crippen molar-refractivity contribution in [2.45, 2.75) is 31.6 Å². The zero-order valence-corrected chi connectivity index (χ0v) is 12.4. The summed E-state index contributed by atoms with van der Waals surface area (Å²) < 4.78 is 14.3. The van der Waals surface area contributed by atoms with Crippen molar-refractivity contribution in [3.05, 3.63) is 35.6 Å². The molecule has 2 fully saturated rings. The van der Waals surface area contributed by atoms with E-state index in [0.717, 1.165) is 25.2 Å². The molecule has 1 aromatic carbocycles. The molecule has 3 heteroatoms. The average Bonchev–Trinajstić information content (AvgIpc) is 2.64. The van der Waals surface area contributed by atoms with E-state index in [9.17, 15) is 4.39 Å². The van der Waals surface area contributed by atoms with E-state index in [2.05, 4.69) is 17.3 Å². The first-order valence-corrected chi connectivity index (χ1v) is 7.85. The van der Waals surface area contributed by atoms with E-state index in [0.29, 0.717) is 5.92 Å². The maximum Gasteiger partial charge on any atom is 0.126 e. The lowest BCUT2D eigenvalue weighted by molar-refractivity contribution is 0.134. The van der Waals surface area contributed by atoms with Crippen LogP contribution in [-0.2, 0) is 0 Å². The fourth-order valence-corrected chi connectivity index (χ4v) is 4.12. The van der Waals surface area contributed by atoms with E-state index >= 15 is 0 Å². The maximum absolute atomic E-state index is 14.3. The van der Waals surface area contributed by atoms with Gasteiger partial charge in [-0.2, -0.15) is 0 Å². The highest BCUT2D eigenvalue weighted by molar-refractivity contribution is 5.26. The molecule has 0 saturated carbocycles.